The van der Waals surface area contributed by atoms with Gasteiger partial charge in [0, 0.05) is 35.1 Å². The van der Waals surface area contributed by atoms with E-state index in [9.17, 15) is 4.79 Å². The molecular weight excluding hydrogens is 238 g/mol. The molecule has 100 valence electrons. The van der Waals surface area contributed by atoms with Crippen molar-refractivity contribution in [3.05, 3.63) is 35.5 Å². The highest BCUT2D eigenvalue weighted by atomic mass is 16.2. The molecule has 0 spiro atoms. The van der Waals surface area contributed by atoms with Crippen LogP contribution < -0.4 is 10.6 Å². The van der Waals surface area contributed by atoms with E-state index in [0.29, 0.717) is 0 Å². The lowest BCUT2D eigenvalue weighted by atomic mass is 10.1. The van der Waals surface area contributed by atoms with Crippen LogP contribution in [0.1, 0.15) is 25.1 Å². The van der Waals surface area contributed by atoms with E-state index < -0.39 is 0 Å². The van der Waals surface area contributed by atoms with Crippen molar-refractivity contribution in [1.82, 2.24) is 15.6 Å². The fraction of sp³-hybridized carbons (Fsp3) is 0.400. The van der Waals surface area contributed by atoms with Gasteiger partial charge in [0.2, 0.25) is 0 Å². The Labute approximate surface area is 112 Å². The maximum atomic E-state index is 11.7. The fourth-order valence-corrected chi connectivity index (χ4v) is 2.82. The number of rotatable bonds is 2. The zero-order valence-corrected chi connectivity index (χ0v) is 11.3. The predicted octanol–water partition coefficient (Wildman–Crippen LogP) is 2.34. The van der Waals surface area contributed by atoms with E-state index in [4.69, 9.17) is 0 Å². The van der Waals surface area contributed by atoms with Crippen LogP contribution in [0.2, 0.25) is 0 Å². The minimum atomic E-state index is -0.0746. The van der Waals surface area contributed by atoms with Crippen LogP contribution in [0.5, 0.6) is 0 Å². The first-order chi connectivity index (χ1) is 9.13. The van der Waals surface area contributed by atoms with Crippen molar-refractivity contribution < 1.29 is 4.79 Å². The molecule has 0 saturated heterocycles. The van der Waals surface area contributed by atoms with Crippen LogP contribution in [-0.4, -0.2) is 23.1 Å². The molecule has 1 heterocycles. The van der Waals surface area contributed by atoms with Gasteiger partial charge in [-0.05, 0) is 31.9 Å². The zero-order valence-electron chi connectivity index (χ0n) is 11.3. The van der Waals surface area contributed by atoms with Gasteiger partial charge in [-0.1, -0.05) is 18.2 Å². The lowest BCUT2D eigenvalue weighted by Gasteiger charge is -2.15. The number of urea groups is 1. The molecule has 1 aromatic heterocycles. The number of carbonyl (C=O) groups is 1. The smallest absolute Gasteiger partial charge is 0.315 e. The summed E-state index contributed by atoms with van der Waals surface area (Å²) in [6.45, 7) is 3.93. The first-order valence-corrected chi connectivity index (χ1v) is 6.79. The van der Waals surface area contributed by atoms with E-state index in [-0.39, 0.29) is 18.1 Å². The highest BCUT2D eigenvalue weighted by molar-refractivity contribution is 5.85. The largest absolute Gasteiger partial charge is 0.358 e. The van der Waals surface area contributed by atoms with Gasteiger partial charge in [-0.15, -0.1) is 0 Å². The number of fused-ring (bicyclic) bond motifs is 3. The number of aromatic amines is 1. The Morgan fingerprint density at radius 1 is 1.32 bits per heavy atom. The average Bonchev–Trinajstić information content (AvgIpc) is 2.84. The summed E-state index contributed by atoms with van der Waals surface area (Å²) >= 11 is 0. The lowest BCUT2D eigenvalue weighted by molar-refractivity contribution is 0.235. The molecule has 1 aliphatic rings. The van der Waals surface area contributed by atoms with Gasteiger partial charge in [-0.2, -0.15) is 0 Å². The molecule has 4 heteroatoms. The molecule has 1 aromatic carbocycles. The minimum Gasteiger partial charge on any atom is -0.358 e. The average molecular weight is 257 g/mol. The Balaban J connectivity index is 1.72. The summed E-state index contributed by atoms with van der Waals surface area (Å²) < 4.78 is 0. The lowest BCUT2D eigenvalue weighted by Crippen LogP contribution is -2.45. The summed E-state index contributed by atoms with van der Waals surface area (Å²) in [4.78, 5) is 15.2. The number of hydrogen-bond acceptors (Lipinski definition) is 1. The van der Waals surface area contributed by atoms with E-state index in [1.807, 2.05) is 19.9 Å². The minimum absolute atomic E-state index is 0.0746. The first-order valence-electron chi connectivity index (χ1n) is 6.79. The van der Waals surface area contributed by atoms with E-state index in [0.717, 1.165) is 12.8 Å². The Morgan fingerprint density at radius 3 is 2.89 bits per heavy atom. The molecule has 1 atom stereocenters. The molecular formula is C15H19N3O. The first kappa shape index (κ1) is 12.1. The van der Waals surface area contributed by atoms with E-state index >= 15 is 0 Å². The van der Waals surface area contributed by atoms with Gasteiger partial charge in [0.25, 0.3) is 0 Å². The molecule has 1 aliphatic carbocycles. The number of aromatic nitrogens is 1. The molecule has 0 bridgehead atoms. The van der Waals surface area contributed by atoms with Crippen molar-refractivity contribution in [1.29, 1.82) is 0 Å². The molecule has 2 aromatic rings. The number of H-pyrrole nitrogens is 1. The number of nitrogens with one attached hydrogen (secondary N) is 3. The topological polar surface area (TPSA) is 56.9 Å². The molecule has 0 aliphatic heterocycles. The van der Waals surface area contributed by atoms with Gasteiger partial charge < -0.3 is 15.6 Å². The van der Waals surface area contributed by atoms with Crippen LogP contribution >= 0.6 is 0 Å². The Hall–Kier alpha value is -1.97. The third kappa shape index (κ3) is 2.30. The second-order valence-electron chi connectivity index (χ2n) is 5.51. The number of amides is 2. The van der Waals surface area contributed by atoms with Crippen molar-refractivity contribution >= 4 is 16.9 Å². The second-order valence-corrected chi connectivity index (χ2v) is 5.51. The van der Waals surface area contributed by atoms with Crippen LogP contribution in [0.3, 0.4) is 0 Å². The van der Waals surface area contributed by atoms with Crippen LogP contribution in [0.15, 0.2) is 24.3 Å². The third-order valence-electron chi connectivity index (χ3n) is 3.56. The fourth-order valence-electron chi connectivity index (χ4n) is 2.82. The summed E-state index contributed by atoms with van der Waals surface area (Å²) in [5, 5.41) is 7.19. The quantitative estimate of drug-likeness (QED) is 0.760. The zero-order chi connectivity index (χ0) is 13.4. The summed E-state index contributed by atoms with van der Waals surface area (Å²) in [5.41, 5.74) is 3.80. The molecule has 4 nitrogen and oxygen atoms in total. The van der Waals surface area contributed by atoms with Crippen molar-refractivity contribution in [3.63, 3.8) is 0 Å². The second kappa shape index (κ2) is 4.61. The SMILES string of the molecule is CC(C)NC(=O)NC1Cc2[nH]c3ccccc3c2C1. The van der Waals surface area contributed by atoms with Crippen molar-refractivity contribution in [2.45, 2.75) is 38.8 Å². The summed E-state index contributed by atoms with van der Waals surface area (Å²) in [6, 6.07) is 8.63. The number of carbonyl (C=O) groups excluding carboxylic acids is 1. The Morgan fingerprint density at radius 2 is 2.11 bits per heavy atom. The number of hydrogen-bond donors (Lipinski definition) is 3. The maximum absolute atomic E-state index is 11.7. The van der Waals surface area contributed by atoms with Crippen LogP contribution in [-0.2, 0) is 12.8 Å². The van der Waals surface area contributed by atoms with Crippen molar-refractivity contribution in [2.75, 3.05) is 0 Å². The molecule has 3 rings (SSSR count). The van der Waals surface area contributed by atoms with Gasteiger partial charge in [0.05, 0.1) is 0 Å². The molecule has 0 saturated carbocycles. The number of benzene rings is 1. The van der Waals surface area contributed by atoms with Crippen LogP contribution in [0, 0.1) is 0 Å². The molecule has 1 unspecified atom stereocenters. The predicted molar refractivity (Wildman–Crippen MR) is 76.3 cm³/mol. The Kier molecular flexibility index (Phi) is 2.93. The monoisotopic (exact) mass is 257 g/mol. The normalized spacial score (nSPS) is 17.7. The van der Waals surface area contributed by atoms with Crippen molar-refractivity contribution in [2.24, 2.45) is 0 Å². The number of para-hydroxylation sites is 1. The standard InChI is InChI=1S/C15H19N3O/c1-9(2)16-15(19)17-10-7-12-11-5-3-4-6-13(11)18-14(12)8-10/h3-6,9-10,18H,7-8H2,1-2H3,(H2,16,17,19). The van der Waals surface area contributed by atoms with Gasteiger partial charge >= 0.3 is 6.03 Å². The van der Waals surface area contributed by atoms with Gasteiger partial charge in [0.15, 0.2) is 0 Å². The van der Waals surface area contributed by atoms with Crippen LogP contribution in [0.25, 0.3) is 10.9 Å². The van der Waals surface area contributed by atoms with E-state index in [1.165, 1.54) is 22.2 Å². The van der Waals surface area contributed by atoms with E-state index in [2.05, 4.69) is 33.8 Å². The summed E-state index contributed by atoms with van der Waals surface area (Å²) in [6.07, 6.45) is 1.79. The molecule has 3 N–H and O–H groups in total. The summed E-state index contributed by atoms with van der Waals surface area (Å²) in [7, 11) is 0. The van der Waals surface area contributed by atoms with E-state index in [1.54, 1.807) is 0 Å². The van der Waals surface area contributed by atoms with Crippen LogP contribution in [0.4, 0.5) is 4.79 Å². The summed E-state index contributed by atoms with van der Waals surface area (Å²) in [5.74, 6) is 0. The molecule has 0 fully saturated rings. The highest BCUT2D eigenvalue weighted by Crippen LogP contribution is 2.29. The maximum Gasteiger partial charge on any atom is 0.315 e. The molecule has 2 amide bonds. The molecule has 0 radical (unpaired) electrons. The third-order valence-corrected chi connectivity index (χ3v) is 3.56. The van der Waals surface area contributed by atoms with Crippen molar-refractivity contribution in [3.8, 4) is 0 Å². The van der Waals surface area contributed by atoms with Gasteiger partial charge in [0.1, 0.15) is 0 Å². The Bertz CT molecular complexity index is 615. The van der Waals surface area contributed by atoms with Gasteiger partial charge in [-0.25, -0.2) is 4.79 Å². The highest BCUT2D eigenvalue weighted by Gasteiger charge is 2.26. The van der Waals surface area contributed by atoms with Gasteiger partial charge in [-0.3, -0.25) is 0 Å². The molecule has 19 heavy (non-hydrogen) atoms.